The number of carbonyl (C=O) groups excluding carboxylic acids is 1. The number of rotatable bonds is 2. The summed E-state index contributed by atoms with van der Waals surface area (Å²) in [5.74, 6) is 2.45. The molecule has 2 heterocycles. The highest BCUT2D eigenvalue weighted by atomic mass is 32.2. The molecule has 2 saturated heterocycles. The Morgan fingerprint density at radius 3 is 2.56 bits per heavy atom. The number of carbonyl (C=O) groups is 1. The number of hydrogen-bond donors (Lipinski definition) is 1. The van der Waals surface area contributed by atoms with Gasteiger partial charge in [-0.3, -0.25) is 9.69 Å². The van der Waals surface area contributed by atoms with Gasteiger partial charge >= 0.3 is 0 Å². The van der Waals surface area contributed by atoms with Gasteiger partial charge in [0.25, 0.3) is 0 Å². The minimum Gasteiger partial charge on any atom is -0.337 e. The minimum atomic E-state index is -0.363. The first kappa shape index (κ1) is 14.2. The molecule has 0 bridgehead atoms. The van der Waals surface area contributed by atoms with Crippen molar-refractivity contribution in [3.8, 4) is 0 Å². The molecule has 0 aromatic rings. The number of nitrogens with one attached hydrogen (secondary N) is 1. The summed E-state index contributed by atoms with van der Waals surface area (Å²) in [6.45, 7) is 11.1. The highest BCUT2D eigenvalue weighted by molar-refractivity contribution is 7.99. The number of hydrogen-bond acceptors (Lipinski definition) is 4. The Morgan fingerprint density at radius 1 is 1.28 bits per heavy atom. The van der Waals surface area contributed by atoms with Gasteiger partial charge in [0.2, 0.25) is 5.91 Å². The van der Waals surface area contributed by atoms with Gasteiger partial charge in [0.15, 0.2) is 0 Å². The first-order valence-electron chi connectivity index (χ1n) is 6.88. The normalized spacial score (nSPS) is 27.3. The van der Waals surface area contributed by atoms with Crippen LogP contribution in [-0.2, 0) is 4.79 Å². The lowest BCUT2D eigenvalue weighted by Gasteiger charge is -2.45. The van der Waals surface area contributed by atoms with E-state index in [1.165, 1.54) is 0 Å². The average Bonchev–Trinajstić information content (AvgIpc) is 2.39. The SMILES string of the molecule is CC1CSCCN1C(=O)C(C)(C)N1CCNCC1. The molecule has 2 aliphatic heterocycles. The van der Waals surface area contributed by atoms with Crippen LogP contribution in [-0.4, -0.2) is 71.5 Å². The van der Waals surface area contributed by atoms with Crippen LogP contribution in [0.25, 0.3) is 0 Å². The number of piperazine rings is 1. The van der Waals surface area contributed by atoms with Crippen molar-refractivity contribution in [2.45, 2.75) is 32.4 Å². The molecule has 104 valence electrons. The van der Waals surface area contributed by atoms with E-state index < -0.39 is 0 Å². The molecule has 2 rings (SSSR count). The van der Waals surface area contributed by atoms with Gasteiger partial charge in [0, 0.05) is 50.3 Å². The minimum absolute atomic E-state index is 0.303. The topological polar surface area (TPSA) is 35.6 Å². The number of thioether (sulfide) groups is 1. The second-order valence-electron chi connectivity index (χ2n) is 5.72. The van der Waals surface area contributed by atoms with Crippen molar-refractivity contribution in [1.82, 2.24) is 15.1 Å². The van der Waals surface area contributed by atoms with Gasteiger partial charge in [-0.25, -0.2) is 0 Å². The second kappa shape index (κ2) is 5.80. The van der Waals surface area contributed by atoms with Crippen LogP contribution < -0.4 is 5.32 Å². The Labute approximate surface area is 114 Å². The molecule has 0 aromatic carbocycles. The Hall–Kier alpha value is -0.260. The quantitative estimate of drug-likeness (QED) is 0.799. The Balaban J connectivity index is 2.05. The first-order chi connectivity index (χ1) is 8.53. The van der Waals surface area contributed by atoms with E-state index >= 15 is 0 Å². The summed E-state index contributed by atoms with van der Waals surface area (Å²) >= 11 is 1.95. The van der Waals surface area contributed by atoms with Crippen molar-refractivity contribution < 1.29 is 4.79 Å². The molecule has 1 atom stereocenters. The molecular formula is C13H25N3OS. The van der Waals surface area contributed by atoms with Gasteiger partial charge in [-0.1, -0.05) is 0 Å². The van der Waals surface area contributed by atoms with E-state index in [9.17, 15) is 4.79 Å². The van der Waals surface area contributed by atoms with Crippen LogP contribution in [0.5, 0.6) is 0 Å². The fraction of sp³-hybridized carbons (Fsp3) is 0.923. The van der Waals surface area contributed by atoms with E-state index in [1.807, 2.05) is 11.8 Å². The summed E-state index contributed by atoms with van der Waals surface area (Å²) in [4.78, 5) is 17.2. The average molecular weight is 271 g/mol. The number of nitrogens with zero attached hydrogens (tertiary/aromatic N) is 2. The molecule has 0 aliphatic carbocycles. The van der Waals surface area contributed by atoms with Crippen LogP contribution >= 0.6 is 11.8 Å². The van der Waals surface area contributed by atoms with Gasteiger partial charge in [-0.05, 0) is 20.8 Å². The summed E-state index contributed by atoms with van der Waals surface area (Å²) in [5.41, 5.74) is -0.363. The zero-order chi connectivity index (χ0) is 13.2. The molecule has 1 amide bonds. The molecule has 0 spiro atoms. The summed E-state index contributed by atoms with van der Waals surface area (Å²) < 4.78 is 0. The smallest absolute Gasteiger partial charge is 0.242 e. The molecule has 0 radical (unpaired) electrons. The van der Waals surface area contributed by atoms with Crippen LogP contribution in [0.15, 0.2) is 0 Å². The van der Waals surface area contributed by atoms with E-state index in [1.54, 1.807) is 0 Å². The maximum Gasteiger partial charge on any atom is 0.242 e. The second-order valence-corrected chi connectivity index (χ2v) is 6.87. The Kier molecular flexibility index (Phi) is 4.56. The summed E-state index contributed by atoms with van der Waals surface area (Å²) in [6.07, 6.45) is 0. The lowest BCUT2D eigenvalue weighted by atomic mass is 9.98. The summed E-state index contributed by atoms with van der Waals surface area (Å²) in [6, 6.07) is 0.374. The van der Waals surface area contributed by atoms with Gasteiger partial charge in [0.05, 0.1) is 5.54 Å². The van der Waals surface area contributed by atoms with Crippen molar-refractivity contribution in [3.63, 3.8) is 0 Å². The zero-order valence-corrected chi connectivity index (χ0v) is 12.6. The molecular weight excluding hydrogens is 246 g/mol. The van der Waals surface area contributed by atoms with Crippen molar-refractivity contribution in [2.75, 3.05) is 44.2 Å². The molecule has 2 aliphatic rings. The van der Waals surface area contributed by atoms with Crippen LogP contribution in [0, 0.1) is 0 Å². The van der Waals surface area contributed by atoms with E-state index in [2.05, 4.69) is 35.9 Å². The van der Waals surface area contributed by atoms with Crippen molar-refractivity contribution in [2.24, 2.45) is 0 Å². The Morgan fingerprint density at radius 2 is 1.94 bits per heavy atom. The summed E-state index contributed by atoms with van der Waals surface area (Å²) in [5, 5.41) is 3.34. The molecule has 1 N–H and O–H groups in total. The third kappa shape index (κ3) is 2.83. The standard InChI is InChI=1S/C13H25N3OS/c1-11-10-18-9-8-16(11)12(17)13(2,3)15-6-4-14-5-7-15/h11,14H,4-10H2,1-3H3. The number of amides is 1. The van der Waals surface area contributed by atoms with E-state index in [-0.39, 0.29) is 5.54 Å². The fourth-order valence-electron chi connectivity index (χ4n) is 2.74. The lowest BCUT2D eigenvalue weighted by molar-refractivity contribution is -0.144. The maximum absolute atomic E-state index is 12.8. The van der Waals surface area contributed by atoms with E-state index in [4.69, 9.17) is 0 Å². The first-order valence-corrected chi connectivity index (χ1v) is 8.03. The lowest BCUT2D eigenvalue weighted by Crippen LogP contribution is -2.62. The largest absolute Gasteiger partial charge is 0.337 e. The van der Waals surface area contributed by atoms with Gasteiger partial charge < -0.3 is 10.2 Å². The van der Waals surface area contributed by atoms with Gasteiger partial charge in [-0.2, -0.15) is 11.8 Å². The van der Waals surface area contributed by atoms with E-state index in [0.717, 1.165) is 44.2 Å². The third-order valence-electron chi connectivity index (χ3n) is 4.06. The highest BCUT2D eigenvalue weighted by Gasteiger charge is 2.40. The monoisotopic (exact) mass is 271 g/mol. The zero-order valence-electron chi connectivity index (χ0n) is 11.7. The van der Waals surface area contributed by atoms with Crippen LogP contribution in [0.2, 0.25) is 0 Å². The maximum atomic E-state index is 12.8. The van der Waals surface area contributed by atoms with Gasteiger partial charge in [-0.15, -0.1) is 0 Å². The fourth-order valence-corrected chi connectivity index (χ4v) is 3.75. The molecule has 18 heavy (non-hydrogen) atoms. The molecule has 5 heteroatoms. The third-order valence-corrected chi connectivity index (χ3v) is 5.25. The predicted molar refractivity (Wildman–Crippen MR) is 77.0 cm³/mol. The molecule has 0 aromatic heterocycles. The predicted octanol–water partition coefficient (Wildman–Crippen LogP) is 0.634. The van der Waals surface area contributed by atoms with Crippen LogP contribution in [0.4, 0.5) is 0 Å². The highest BCUT2D eigenvalue weighted by Crippen LogP contribution is 2.23. The molecule has 0 saturated carbocycles. The Bertz CT molecular complexity index is 303. The van der Waals surface area contributed by atoms with Crippen LogP contribution in [0.1, 0.15) is 20.8 Å². The molecule has 4 nitrogen and oxygen atoms in total. The van der Waals surface area contributed by atoms with Crippen molar-refractivity contribution >= 4 is 17.7 Å². The van der Waals surface area contributed by atoms with Crippen molar-refractivity contribution in [1.29, 1.82) is 0 Å². The van der Waals surface area contributed by atoms with Crippen LogP contribution in [0.3, 0.4) is 0 Å². The molecule has 2 fully saturated rings. The molecule has 1 unspecified atom stereocenters. The van der Waals surface area contributed by atoms with E-state index in [0.29, 0.717) is 11.9 Å². The van der Waals surface area contributed by atoms with Crippen molar-refractivity contribution in [3.05, 3.63) is 0 Å². The summed E-state index contributed by atoms with van der Waals surface area (Å²) in [7, 11) is 0. The van der Waals surface area contributed by atoms with Gasteiger partial charge in [0.1, 0.15) is 0 Å².